The zero-order chi connectivity index (χ0) is 13.0. The van der Waals surface area contributed by atoms with Crippen molar-refractivity contribution in [3.05, 3.63) is 30.3 Å². The molecule has 0 radical (unpaired) electrons. The number of rotatable bonds is 5. The first kappa shape index (κ1) is 12.5. The van der Waals surface area contributed by atoms with Crippen LogP contribution in [0.15, 0.2) is 30.3 Å². The van der Waals surface area contributed by atoms with Gasteiger partial charge in [-0.25, -0.2) is 0 Å². The van der Waals surface area contributed by atoms with Crippen molar-refractivity contribution in [2.45, 2.75) is 19.9 Å². The minimum Gasteiger partial charge on any atom is -0.395 e. The number of hydrogen-bond acceptors (Lipinski definition) is 5. The van der Waals surface area contributed by atoms with Crippen LogP contribution in [0.1, 0.15) is 13.8 Å². The number of aromatic nitrogens is 4. The topological polar surface area (TPSA) is 67.1 Å². The summed E-state index contributed by atoms with van der Waals surface area (Å²) in [6.07, 6.45) is 0. The lowest BCUT2D eigenvalue weighted by Gasteiger charge is -2.25. The van der Waals surface area contributed by atoms with E-state index in [0.717, 1.165) is 5.69 Å². The number of aliphatic hydroxyl groups is 1. The van der Waals surface area contributed by atoms with Gasteiger partial charge in [-0.15, -0.1) is 0 Å². The molecule has 2 rings (SSSR count). The Bertz CT molecular complexity index is 482. The van der Waals surface area contributed by atoms with Crippen LogP contribution in [-0.4, -0.2) is 44.5 Å². The standard InChI is InChI=1S/C12H17N5O/c1-10(2)16(8-9-18)12-13-14-15-17(12)11-6-4-3-5-7-11/h3-7,10,18H,8-9H2,1-2H3. The Labute approximate surface area is 106 Å². The van der Waals surface area contributed by atoms with E-state index < -0.39 is 0 Å². The lowest BCUT2D eigenvalue weighted by molar-refractivity contribution is 0.298. The second-order valence-electron chi connectivity index (χ2n) is 4.24. The largest absolute Gasteiger partial charge is 0.395 e. The molecule has 0 aliphatic heterocycles. The van der Waals surface area contributed by atoms with Crippen LogP contribution < -0.4 is 4.90 Å². The van der Waals surface area contributed by atoms with Crippen LogP contribution in [0, 0.1) is 0 Å². The highest BCUT2D eigenvalue weighted by Gasteiger charge is 2.18. The van der Waals surface area contributed by atoms with Gasteiger partial charge in [-0.3, -0.25) is 0 Å². The van der Waals surface area contributed by atoms with Crippen molar-refractivity contribution >= 4 is 5.95 Å². The Kier molecular flexibility index (Phi) is 3.88. The van der Waals surface area contributed by atoms with Crippen LogP contribution in [0.25, 0.3) is 5.69 Å². The van der Waals surface area contributed by atoms with Crippen molar-refractivity contribution in [3.63, 3.8) is 0 Å². The fourth-order valence-corrected chi connectivity index (χ4v) is 1.79. The number of para-hydroxylation sites is 1. The molecule has 6 nitrogen and oxygen atoms in total. The van der Waals surface area contributed by atoms with E-state index in [1.807, 2.05) is 49.1 Å². The molecule has 0 saturated heterocycles. The molecular formula is C12H17N5O. The summed E-state index contributed by atoms with van der Waals surface area (Å²) in [6.45, 7) is 4.66. The van der Waals surface area contributed by atoms with E-state index in [2.05, 4.69) is 15.5 Å². The molecule has 0 spiro atoms. The third-order valence-corrected chi connectivity index (χ3v) is 2.67. The predicted molar refractivity (Wildman–Crippen MR) is 68.7 cm³/mol. The number of tetrazole rings is 1. The number of benzene rings is 1. The molecule has 0 aliphatic carbocycles. The summed E-state index contributed by atoms with van der Waals surface area (Å²) >= 11 is 0. The molecule has 18 heavy (non-hydrogen) atoms. The first-order valence-corrected chi connectivity index (χ1v) is 5.95. The van der Waals surface area contributed by atoms with Crippen LogP contribution in [-0.2, 0) is 0 Å². The molecule has 1 N–H and O–H groups in total. The average Bonchev–Trinajstić information content (AvgIpc) is 2.85. The highest BCUT2D eigenvalue weighted by atomic mass is 16.3. The average molecular weight is 247 g/mol. The first-order valence-electron chi connectivity index (χ1n) is 5.95. The second kappa shape index (κ2) is 5.59. The van der Waals surface area contributed by atoms with Crippen molar-refractivity contribution in [1.82, 2.24) is 20.2 Å². The Morgan fingerprint density at radius 2 is 2.00 bits per heavy atom. The Hall–Kier alpha value is -1.95. The van der Waals surface area contributed by atoms with E-state index in [1.165, 1.54) is 0 Å². The van der Waals surface area contributed by atoms with Gasteiger partial charge in [0.05, 0.1) is 12.3 Å². The van der Waals surface area contributed by atoms with Crippen molar-refractivity contribution in [2.75, 3.05) is 18.1 Å². The molecule has 0 bridgehead atoms. The van der Waals surface area contributed by atoms with Gasteiger partial charge in [0.15, 0.2) is 0 Å². The number of hydrogen-bond donors (Lipinski definition) is 1. The molecule has 0 unspecified atom stereocenters. The van der Waals surface area contributed by atoms with E-state index in [4.69, 9.17) is 5.11 Å². The summed E-state index contributed by atoms with van der Waals surface area (Å²) in [5.74, 6) is 0.644. The third kappa shape index (κ3) is 2.48. The molecule has 1 heterocycles. The number of aliphatic hydroxyl groups excluding tert-OH is 1. The van der Waals surface area contributed by atoms with Crippen molar-refractivity contribution < 1.29 is 5.11 Å². The second-order valence-corrected chi connectivity index (χ2v) is 4.24. The maximum atomic E-state index is 9.13. The quantitative estimate of drug-likeness (QED) is 0.849. The van der Waals surface area contributed by atoms with E-state index in [-0.39, 0.29) is 12.6 Å². The lowest BCUT2D eigenvalue weighted by Crippen LogP contribution is -2.35. The smallest absolute Gasteiger partial charge is 0.250 e. The zero-order valence-corrected chi connectivity index (χ0v) is 10.6. The normalized spacial score (nSPS) is 10.9. The number of anilines is 1. The van der Waals surface area contributed by atoms with E-state index in [1.54, 1.807) is 4.68 Å². The van der Waals surface area contributed by atoms with Crippen LogP contribution in [0.4, 0.5) is 5.95 Å². The molecule has 2 aromatic rings. The van der Waals surface area contributed by atoms with Gasteiger partial charge in [-0.2, -0.15) is 4.68 Å². The van der Waals surface area contributed by atoms with Crippen molar-refractivity contribution in [1.29, 1.82) is 0 Å². The fourth-order valence-electron chi connectivity index (χ4n) is 1.79. The molecule has 96 valence electrons. The van der Waals surface area contributed by atoms with Crippen LogP contribution in [0.2, 0.25) is 0 Å². The maximum absolute atomic E-state index is 9.13. The van der Waals surface area contributed by atoms with Gasteiger partial charge in [0.2, 0.25) is 0 Å². The minimum absolute atomic E-state index is 0.0693. The maximum Gasteiger partial charge on any atom is 0.250 e. The molecule has 0 saturated carbocycles. The lowest BCUT2D eigenvalue weighted by atomic mass is 10.3. The molecule has 0 atom stereocenters. The summed E-state index contributed by atoms with van der Waals surface area (Å²) < 4.78 is 1.68. The van der Waals surface area contributed by atoms with E-state index in [9.17, 15) is 0 Å². The van der Waals surface area contributed by atoms with Gasteiger partial charge in [0.1, 0.15) is 0 Å². The highest BCUT2D eigenvalue weighted by Crippen LogP contribution is 2.16. The Balaban J connectivity index is 2.37. The summed E-state index contributed by atoms with van der Waals surface area (Å²) in [5, 5.41) is 20.9. The zero-order valence-electron chi connectivity index (χ0n) is 10.6. The van der Waals surface area contributed by atoms with Crippen molar-refractivity contribution in [2.24, 2.45) is 0 Å². The van der Waals surface area contributed by atoms with E-state index in [0.29, 0.717) is 12.5 Å². The summed E-state index contributed by atoms with van der Waals surface area (Å²) in [5.41, 5.74) is 0.904. The van der Waals surface area contributed by atoms with Gasteiger partial charge in [-0.1, -0.05) is 23.3 Å². The Morgan fingerprint density at radius 1 is 1.28 bits per heavy atom. The SMILES string of the molecule is CC(C)N(CCO)c1nnnn1-c1ccccc1. The van der Waals surface area contributed by atoms with Crippen LogP contribution in [0.3, 0.4) is 0 Å². The molecule has 0 aliphatic rings. The third-order valence-electron chi connectivity index (χ3n) is 2.67. The molecule has 0 fully saturated rings. The van der Waals surface area contributed by atoms with Gasteiger partial charge in [0, 0.05) is 12.6 Å². The van der Waals surface area contributed by atoms with Gasteiger partial charge < -0.3 is 10.0 Å². The van der Waals surface area contributed by atoms with Crippen molar-refractivity contribution in [3.8, 4) is 5.69 Å². The van der Waals surface area contributed by atoms with Gasteiger partial charge >= 0.3 is 0 Å². The molecule has 1 aromatic carbocycles. The fraction of sp³-hybridized carbons (Fsp3) is 0.417. The first-order chi connectivity index (χ1) is 8.74. The summed E-state index contributed by atoms with van der Waals surface area (Å²) in [7, 11) is 0. The summed E-state index contributed by atoms with van der Waals surface area (Å²) in [6, 6.07) is 9.92. The molecule has 6 heteroatoms. The highest BCUT2D eigenvalue weighted by molar-refractivity contribution is 5.41. The monoisotopic (exact) mass is 247 g/mol. The van der Waals surface area contributed by atoms with E-state index >= 15 is 0 Å². The number of nitrogens with zero attached hydrogens (tertiary/aromatic N) is 5. The molecule has 1 aromatic heterocycles. The predicted octanol–water partition coefficient (Wildman–Crippen LogP) is 0.869. The van der Waals surface area contributed by atoms with Crippen LogP contribution >= 0.6 is 0 Å². The minimum atomic E-state index is 0.0693. The molecular weight excluding hydrogens is 230 g/mol. The van der Waals surface area contributed by atoms with Crippen LogP contribution in [0.5, 0.6) is 0 Å². The van der Waals surface area contributed by atoms with Gasteiger partial charge in [0.25, 0.3) is 5.95 Å². The Morgan fingerprint density at radius 3 is 2.61 bits per heavy atom. The molecule has 0 amide bonds. The summed E-state index contributed by atoms with van der Waals surface area (Å²) in [4.78, 5) is 1.97. The van der Waals surface area contributed by atoms with Gasteiger partial charge in [-0.05, 0) is 36.4 Å².